The van der Waals surface area contributed by atoms with E-state index in [-0.39, 0.29) is 11.9 Å². The Morgan fingerprint density at radius 1 is 1.21 bits per heavy atom. The van der Waals surface area contributed by atoms with Crippen molar-refractivity contribution in [3.8, 4) is 11.4 Å². The number of rotatable bonds is 3. The number of nitrogens with one attached hydrogen (secondary N) is 1. The molecule has 5 heterocycles. The molecule has 1 fully saturated rings. The highest BCUT2D eigenvalue weighted by atomic mass is 16.5. The summed E-state index contributed by atoms with van der Waals surface area (Å²) in [7, 11) is 0. The van der Waals surface area contributed by atoms with Crippen LogP contribution in [0.2, 0.25) is 0 Å². The fourth-order valence-electron chi connectivity index (χ4n) is 4.04. The summed E-state index contributed by atoms with van der Waals surface area (Å²) in [6.45, 7) is 5.41. The smallest absolute Gasteiger partial charge is 0.249 e. The second-order valence-corrected chi connectivity index (χ2v) is 7.47. The molecule has 9 heteroatoms. The molecule has 148 valence electrons. The Morgan fingerprint density at radius 2 is 2.10 bits per heavy atom. The lowest BCUT2D eigenvalue weighted by Crippen LogP contribution is -2.32. The SMILES string of the molecule is Cc1nccc(N2CCc3c(cnc(C)c3-c3noc([C@H]4CCC(=O)N4)n3)C2)n1. The van der Waals surface area contributed by atoms with Crippen molar-refractivity contribution in [2.45, 2.75) is 45.7 Å². The van der Waals surface area contributed by atoms with Gasteiger partial charge in [-0.15, -0.1) is 0 Å². The van der Waals surface area contributed by atoms with E-state index in [2.05, 4.69) is 35.3 Å². The molecule has 1 amide bonds. The molecule has 1 saturated heterocycles. The van der Waals surface area contributed by atoms with Crippen molar-refractivity contribution < 1.29 is 9.32 Å². The second-order valence-electron chi connectivity index (χ2n) is 7.47. The van der Waals surface area contributed by atoms with E-state index >= 15 is 0 Å². The molecule has 2 aliphatic heterocycles. The molecule has 2 aliphatic rings. The first kappa shape index (κ1) is 17.7. The minimum atomic E-state index is -0.201. The minimum absolute atomic E-state index is 0.0183. The third-order valence-corrected chi connectivity index (χ3v) is 5.50. The molecule has 1 N–H and O–H groups in total. The quantitative estimate of drug-likeness (QED) is 0.722. The van der Waals surface area contributed by atoms with Crippen LogP contribution >= 0.6 is 0 Å². The predicted octanol–water partition coefficient (Wildman–Crippen LogP) is 2.05. The number of aryl methyl sites for hydroxylation is 2. The topological polar surface area (TPSA) is 110 Å². The summed E-state index contributed by atoms with van der Waals surface area (Å²) < 4.78 is 5.47. The van der Waals surface area contributed by atoms with Gasteiger partial charge in [-0.25, -0.2) is 9.97 Å². The Kier molecular flexibility index (Phi) is 4.22. The number of hydrogen-bond acceptors (Lipinski definition) is 8. The number of aromatic nitrogens is 5. The van der Waals surface area contributed by atoms with Gasteiger partial charge in [-0.2, -0.15) is 4.98 Å². The Morgan fingerprint density at radius 3 is 2.90 bits per heavy atom. The van der Waals surface area contributed by atoms with Gasteiger partial charge in [0, 0.05) is 43.2 Å². The third-order valence-electron chi connectivity index (χ3n) is 5.50. The molecule has 0 aliphatic carbocycles. The van der Waals surface area contributed by atoms with E-state index in [0.717, 1.165) is 48.0 Å². The Labute approximate surface area is 167 Å². The number of nitrogens with zero attached hydrogens (tertiary/aromatic N) is 6. The molecule has 0 unspecified atom stereocenters. The van der Waals surface area contributed by atoms with E-state index in [9.17, 15) is 4.79 Å². The lowest BCUT2D eigenvalue weighted by molar-refractivity contribution is -0.119. The van der Waals surface area contributed by atoms with Crippen molar-refractivity contribution >= 4 is 11.7 Å². The fourth-order valence-corrected chi connectivity index (χ4v) is 4.04. The number of fused-ring (bicyclic) bond motifs is 1. The van der Waals surface area contributed by atoms with E-state index in [1.807, 2.05) is 26.1 Å². The van der Waals surface area contributed by atoms with E-state index in [1.165, 1.54) is 5.56 Å². The number of carbonyl (C=O) groups is 1. The first-order chi connectivity index (χ1) is 14.1. The number of carbonyl (C=O) groups excluding carboxylic acids is 1. The van der Waals surface area contributed by atoms with Gasteiger partial charge in [-0.1, -0.05) is 5.16 Å². The van der Waals surface area contributed by atoms with E-state index < -0.39 is 0 Å². The summed E-state index contributed by atoms with van der Waals surface area (Å²) >= 11 is 0. The summed E-state index contributed by atoms with van der Waals surface area (Å²) in [4.78, 5) is 31.6. The first-order valence-corrected chi connectivity index (χ1v) is 9.74. The molecule has 0 radical (unpaired) electrons. The van der Waals surface area contributed by atoms with Gasteiger partial charge in [0.1, 0.15) is 17.7 Å². The average Bonchev–Trinajstić information content (AvgIpc) is 3.36. The van der Waals surface area contributed by atoms with Crippen LogP contribution in [0.1, 0.15) is 47.4 Å². The van der Waals surface area contributed by atoms with Crippen molar-refractivity contribution in [3.63, 3.8) is 0 Å². The monoisotopic (exact) mass is 391 g/mol. The summed E-state index contributed by atoms with van der Waals surface area (Å²) in [5, 5.41) is 7.07. The van der Waals surface area contributed by atoms with E-state index in [4.69, 9.17) is 4.52 Å². The van der Waals surface area contributed by atoms with Gasteiger partial charge in [-0.3, -0.25) is 9.78 Å². The van der Waals surface area contributed by atoms with Crippen LogP contribution in [0.25, 0.3) is 11.4 Å². The number of anilines is 1. The van der Waals surface area contributed by atoms with Crippen LogP contribution < -0.4 is 10.2 Å². The number of pyridine rings is 1. The Balaban J connectivity index is 1.47. The molecule has 9 nitrogen and oxygen atoms in total. The van der Waals surface area contributed by atoms with Gasteiger partial charge in [0.15, 0.2) is 0 Å². The lowest BCUT2D eigenvalue weighted by atomic mass is 9.94. The maximum atomic E-state index is 11.5. The van der Waals surface area contributed by atoms with Crippen LogP contribution in [0.15, 0.2) is 23.0 Å². The van der Waals surface area contributed by atoms with Crippen molar-refractivity contribution in [1.29, 1.82) is 0 Å². The molecule has 29 heavy (non-hydrogen) atoms. The maximum Gasteiger partial charge on any atom is 0.249 e. The summed E-state index contributed by atoms with van der Waals surface area (Å²) in [5.74, 6) is 2.69. The molecule has 3 aromatic rings. The van der Waals surface area contributed by atoms with Crippen LogP contribution in [0.4, 0.5) is 5.82 Å². The van der Waals surface area contributed by atoms with Gasteiger partial charge in [-0.05, 0) is 43.9 Å². The predicted molar refractivity (Wildman–Crippen MR) is 104 cm³/mol. The Hall–Kier alpha value is -3.36. The van der Waals surface area contributed by atoms with Crippen LogP contribution in [-0.4, -0.2) is 37.5 Å². The van der Waals surface area contributed by atoms with Crippen LogP contribution in [-0.2, 0) is 17.8 Å². The fraction of sp³-hybridized carbons (Fsp3) is 0.400. The third kappa shape index (κ3) is 3.22. The molecule has 0 saturated carbocycles. The van der Waals surface area contributed by atoms with E-state index in [1.54, 1.807) is 6.20 Å². The minimum Gasteiger partial charge on any atom is -0.352 e. The van der Waals surface area contributed by atoms with Crippen molar-refractivity contribution in [1.82, 2.24) is 30.4 Å². The summed E-state index contributed by atoms with van der Waals surface area (Å²) in [5.41, 5.74) is 4.13. The molecule has 3 aromatic heterocycles. The lowest BCUT2D eigenvalue weighted by Gasteiger charge is -2.30. The van der Waals surface area contributed by atoms with Crippen molar-refractivity contribution in [2.75, 3.05) is 11.4 Å². The highest BCUT2D eigenvalue weighted by Crippen LogP contribution is 2.33. The van der Waals surface area contributed by atoms with Crippen molar-refractivity contribution in [2.24, 2.45) is 0 Å². The second kappa shape index (κ2) is 6.91. The molecular weight excluding hydrogens is 370 g/mol. The highest BCUT2D eigenvalue weighted by molar-refractivity contribution is 5.78. The molecule has 0 spiro atoms. The highest BCUT2D eigenvalue weighted by Gasteiger charge is 2.29. The zero-order valence-electron chi connectivity index (χ0n) is 16.3. The van der Waals surface area contributed by atoms with Crippen LogP contribution in [0.3, 0.4) is 0 Å². The maximum absolute atomic E-state index is 11.5. The summed E-state index contributed by atoms with van der Waals surface area (Å²) in [6, 6.07) is 1.73. The van der Waals surface area contributed by atoms with Gasteiger partial charge < -0.3 is 14.7 Å². The molecule has 5 rings (SSSR count). The Bertz CT molecular complexity index is 1090. The number of hydrogen-bond donors (Lipinski definition) is 1. The van der Waals surface area contributed by atoms with Gasteiger partial charge >= 0.3 is 0 Å². The number of amides is 1. The largest absolute Gasteiger partial charge is 0.352 e. The summed E-state index contributed by atoms with van der Waals surface area (Å²) in [6.07, 6.45) is 5.71. The standard InChI is InChI=1S/C20H21N7O2/c1-11-18(19-25-20(29-26-19)15-3-4-17(28)24-15)14-6-8-27(10-13(14)9-22-11)16-5-7-21-12(2)23-16/h5,7,9,15H,3-4,6,8,10H2,1-2H3,(H,24,28)/t15-/m1/s1. The molecule has 0 bridgehead atoms. The molecule has 0 aromatic carbocycles. The van der Waals surface area contributed by atoms with Crippen LogP contribution in [0.5, 0.6) is 0 Å². The van der Waals surface area contributed by atoms with Gasteiger partial charge in [0.05, 0.1) is 0 Å². The van der Waals surface area contributed by atoms with Crippen molar-refractivity contribution in [3.05, 3.63) is 47.0 Å². The van der Waals surface area contributed by atoms with Crippen LogP contribution in [0, 0.1) is 13.8 Å². The first-order valence-electron chi connectivity index (χ1n) is 9.74. The van der Waals surface area contributed by atoms with Gasteiger partial charge in [0.2, 0.25) is 17.6 Å². The normalized spacial score (nSPS) is 18.6. The molecular formula is C20H21N7O2. The average molecular weight is 391 g/mol. The van der Waals surface area contributed by atoms with E-state index in [0.29, 0.717) is 24.6 Å². The molecule has 1 atom stereocenters. The van der Waals surface area contributed by atoms with Gasteiger partial charge in [0.25, 0.3) is 0 Å². The zero-order valence-corrected chi connectivity index (χ0v) is 16.3. The zero-order chi connectivity index (χ0) is 20.0.